The fraction of sp³-hybridized carbons (Fsp3) is 0.458. The van der Waals surface area contributed by atoms with E-state index in [0.29, 0.717) is 17.5 Å². The molecule has 1 saturated heterocycles. The van der Waals surface area contributed by atoms with E-state index in [9.17, 15) is 4.79 Å². The average Bonchev–Trinajstić information content (AvgIpc) is 3.26. The third-order valence-electron chi connectivity index (χ3n) is 6.43. The molecule has 0 spiro atoms. The van der Waals surface area contributed by atoms with E-state index in [0.717, 1.165) is 37.2 Å². The molecule has 0 unspecified atom stereocenters. The summed E-state index contributed by atoms with van der Waals surface area (Å²) in [5.41, 5.74) is 3.43. The van der Waals surface area contributed by atoms with Gasteiger partial charge in [0, 0.05) is 18.1 Å². The van der Waals surface area contributed by atoms with Gasteiger partial charge in [0.05, 0.1) is 19.6 Å². The number of hydrogen-bond donors (Lipinski definition) is 0. The second-order valence-electron chi connectivity index (χ2n) is 8.13. The molecule has 1 fully saturated rings. The second-order valence-corrected chi connectivity index (χ2v) is 8.57. The molecule has 0 saturated carbocycles. The van der Waals surface area contributed by atoms with Crippen molar-refractivity contribution in [2.24, 2.45) is 0 Å². The summed E-state index contributed by atoms with van der Waals surface area (Å²) in [6.07, 6.45) is 4.89. The Balaban J connectivity index is 0.00000256. The summed E-state index contributed by atoms with van der Waals surface area (Å²) >= 11 is 6.12. The standard InChI is InChI=1S/C24H29ClN2O2.ClH/c1-26(23(28)16-17-7-5-8-18(25)15-17)24-20-9-6-10-22(29-2)19(20)11-12-21(24)27-13-3-4-14-27;/h5-10,15,21,24H,3-4,11-14,16H2,1-2H3;1H/t21-,24-;/m0./s1. The first kappa shape index (κ1) is 22.9. The minimum atomic E-state index is 0. The molecule has 30 heavy (non-hydrogen) atoms. The first-order valence-electron chi connectivity index (χ1n) is 10.5. The van der Waals surface area contributed by atoms with Crippen LogP contribution in [-0.2, 0) is 17.6 Å². The van der Waals surface area contributed by atoms with Gasteiger partial charge in [-0.2, -0.15) is 0 Å². The molecule has 4 nitrogen and oxygen atoms in total. The van der Waals surface area contributed by atoms with Crippen molar-refractivity contribution in [2.45, 2.75) is 44.2 Å². The molecule has 2 atom stereocenters. The first-order chi connectivity index (χ1) is 14.1. The van der Waals surface area contributed by atoms with Gasteiger partial charge in [-0.3, -0.25) is 9.69 Å². The van der Waals surface area contributed by atoms with E-state index in [2.05, 4.69) is 11.0 Å². The van der Waals surface area contributed by atoms with Gasteiger partial charge in [-0.15, -0.1) is 12.4 Å². The van der Waals surface area contributed by atoms with Crippen molar-refractivity contribution in [1.82, 2.24) is 9.80 Å². The van der Waals surface area contributed by atoms with Crippen molar-refractivity contribution in [1.29, 1.82) is 0 Å². The summed E-state index contributed by atoms with van der Waals surface area (Å²) < 4.78 is 5.64. The predicted molar refractivity (Wildman–Crippen MR) is 124 cm³/mol. The van der Waals surface area contributed by atoms with Crippen LogP contribution in [0.4, 0.5) is 0 Å². The molecular formula is C24H30Cl2N2O2. The second kappa shape index (κ2) is 10.0. The lowest BCUT2D eigenvalue weighted by Crippen LogP contribution is -2.48. The van der Waals surface area contributed by atoms with Gasteiger partial charge in [-0.25, -0.2) is 0 Å². The number of hydrogen-bond acceptors (Lipinski definition) is 3. The highest BCUT2D eigenvalue weighted by Crippen LogP contribution is 2.41. The number of benzene rings is 2. The van der Waals surface area contributed by atoms with Crippen molar-refractivity contribution < 1.29 is 9.53 Å². The average molecular weight is 449 g/mol. The fourth-order valence-corrected chi connectivity index (χ4v) is 5.21. The van der Waals surface area contributed by atoms with Crippen LogP contribution in [0.15, 0.2) is 42.5 Å². The molecule has 1 aliphatic heterocycles. The Morgan fingerprint density at radius 3 is 2.63 bits per heavy atom. The van der Waals surface area contributed by atoms with Gasteiger partial charge in [0.2, 0.25) is 5.91 Å². The van der Waals surface area contributed by atoms with Gasteiger partial charge in [-0.1, -0.05) is 35.9 Å². The number of methoxy groups -OCH3 is 1. The maximum atomic E-state index is 13.3. The summed E-state index contributed by atoms with van der Waals surface area (Å²) in [4.78, 5) is 17.8. The number of rotatable bonds is 5. The summed E-state index contributed by atoms with van der Waals surface area (Å²) in [7, 11) is 3.68. The van der Waals surface area contributed by atoms with Gasteiger partial charge in [0.1, 0.15) is 5.75 Å². The summed E-state index contributed by atoms with van der Waals surface area (Å²) in [5, 5.41) is 0.667. The van der Waals surface area contributed by atoms with E-state index in [-0.39, 0.29) is 24.4 Å². The maximum Gasteiger partial charge on any atom is 0.227 e. The Morgan fingerprint density at radius 1 is 1.20 bits per heavy atom. The van der Waals surface area contributed by atoms with Crippen LogP contribution in [-0.4, -0.2) is 49.0 Å². The zero-order valence-electron chi connectivity index (χ0n) is 17.6. The molecule has 162 valence electrons. The monoisotopic (exact) mass is 448 g/mol. The zero-order chi connectivity index (χ0) is 20.4. The van der Waals surface area contributed by atoms with Crippen molar-refractivity contribution in [3.8, 4) is 5.75 Å². The lowest BCUT2D eigenvalue weighted by molar-refractivity contribution is -0.133. The molecule has 0 bridgehead atoms. The smallest absolute Gasteiger partial charge is 0.227 e. The molecule has 2 aliphatic rings. The van der Waals surface area contributed by atoms with Gasteiger partial charge < -0.3 is 9.64 Å². The highest BCUT2D eigenvalue weighted by molar-refractivity contribution is 6.30. The first-order valence-corrected chi connectivity index (χ1v) is 10.9. The lowest BCUT2D eigenvalue weighted by atomic mass is 9.81. The van der Waals surface area contributed by atoms with Crippen LogP contribution in [0, 0.1) is 0 Å². The lowest BCUT2D eigenvalue weighted by Gasteiger charge is -2.44. The van der Waals surface area contributed by atoms with Crippen molar-refractivity contribution >= 4 is 29.9 Å². The van der Waals surface area contributed by atoms with E-state index >= 15 is 0 Å². The summed E-state index contributed by atoms with van der Waals surface area (Å²) in [6, 6.07) is 14.2. The van der Waals surface area contributed by atoms with Crippen molar-refractivity contribution in [2.75, 3.05) is 27.2 Å². The number of halogens is 2. The number of nitrogens with zero attached hydrogens (tertiary/aromatic N) is 2. The third kappa shape index (κ3) is 4.61. The SMILES string of the molecule is COc1cccc2c1CC[C@H](N1CCCC1)[C@H]2N(C)C(=O)Cc1cccc(Cl)c1.Cl. The Morgan fingerprint density at radius 2 is 1.93 bits per heavy atom. The quantitative estimate of drug-likeness (QED) is 0.650. The van der Waals surface area contributed by atoms with Crippen LogP contribution in [0.2, 0.25) is 5.02 Å². The molecule has 4 rings (SSSR count). The van der Waals surface area contributed by atoms with Crippen LogP contribution < -0.4 is 4.74 Å². The fourth-order valence-electron chi connectivity index (χ4n) is 5.00. The zero-order valence-corrected chi connectivity index (χ0v) is 19.2. The number of likely N-dealkylation sites (tertiary alicyclic amines) is 1. The van der Waals surface area contributed by atoms with Crippen LogP contribution in [0.1, 0.15) is 42.0 Å². The van der Waals surface area contributed by atoms with E-state index in [1.165, 1.54) is 24.0 Å². The number of ether oxygens (including phenoxy) is 1. The molecule has 0 radical (unpaired) electrons. The van der Waals surface area contributed by atoms with Gasteiger partial charge in [0.15, 0.2) is 0 Å². The Bertz CT molecular complexity index is 883. The molecule has 1 aliphatic carbocycles. The van der Waals surface area contributed by atoms with Gasteiger partial charge in [0.25, 0.3) is 0 Å². The van der Waals surface area contributed by atoms with E-state index in [1.54, 1.807) is 7.11 Å². The summed E-state index contributed by atoms with van der Waals surface area (Å²) in [5.74, 6) is 1.06. The highest BCUT2D eigenvalue weighted by atomic mass is 35.5. The normalized spacial score (nSPS) is 20.9. The maximum absolute atomic E-state index is 13.3. The molecule has 6 heteroatoms. The minimum Gasteiger partial charge on any atom is -0.496 e. The number of carbonyl (C=O) groups is 1. The summed E-state index contributed by atoms with van der Waals surface area (Å²) in [6.45, 7) is 2.24. The van der Waals surface area contributed by atoms with Crippen LogP contribution >= 0.6 is 24.0 Å². The Labute approximate surface area is 190 Å². The number of fused-ring (bicyclic) bond motifs is 1. The topological polar surface area (TPSA) is 32.8 Å². The highest BCUT2D eigenvalue weighted by Gasteiger charge is 2.39. The molecule has 2 aromatic rings. The largest absolute Gasteiger partial charge is 0.496 e. The number of amides is 1. The molecule has 0 aromatic heterocycles. The van der Waals surface area contributed by atoms with Gasteiger partial charge in [-0.05, 0) is 73.7 Å². The van der Waals surface area contributed by atoms with Crippen molar-refractivity contribution in [3.63, 3.8) is 0 Å². The van der Waals surface area contributed by atoms with Gasteiger partial charge >= 0.3 is 0 Å². The Kier molecular flexibility index (Phi) is 7.67. The minimum absolute atomic E-state index is 0. The third-order valence-corrected chi connectivity index (χ3v) is 6.66. The molecule has 1 heterocycles. The Hall–Kier alpha value is -1.75. The molecule has 0 N–H and O–H groups in total. The van der Waals surface area contributed by atoms with Crippen molar-refractivity contribution in [3.05, 3.63) is 64.2 Å². The molecular weight excluding hydrogens is 419 g/mol. The van der Waals surface area contributed by atoms with E-state index in [4.69, 9.17) is 16.3 Å². The molecule has 2 aromatic carbocycles. The number of likely N-dealkylation sites (N-methyl/N-ethyl adjacent to an activating group) is 1. The van der Waals surface area contributed by atoms with Crippen LogP contribution in [0.3, 0.4) is 0 Å². The van der Waals surface area contributed by atoms with E-state index in [1.807, 2.05) is 48.3 Å². The van der Waals surface area contributed by atoms with Crippen LogP contribution in [0.25, 0.3) is 0 Å². The van der Waals surface area contributed by atoms with E-state index < -0.39 is 0 Å². The number of carbonyl (C=O) groups excluding carboxylic acids is 1. The van der Waals surface area contributed by atoms with Crippen LogP contribution in [0.5, 0.6) is 5.75 Å². The molecule has 1 amide bonds. The predicted octanol–water partition coefficient (Wildman–Crippen LogP) is 4.92.